The fraction of sp³-hybridized carbons (Fsp3) is 0.188. The molecule has 0 aliphatic rings. The summed E-state index contributed by atoms with van der Waals surface area (Å²) in [4.78, 5) is 0. The van der Waals surface area contributed by atoms with E-state index >= 15 is 0 Å². The average Bonchev–Trinajstić information content (AvgIpc) is 2.36. The minimum absolute atomic E-state index is 0.172. The van der Waals surface area contributed by atoms with Crippen molar-refractivity contribution in [2.24, 2.45) is 5.73 Å². The lowest BCUT2D eigenvalue weighted by atomic mass is 10.1. The molecule has 3 nitrogen and oxygen atoms in total. The summed E-state index contributed by atoms with van der Waals surface area (Å²) in [5.74, 6) is 0.119. The van der Waals surface area contributed by atoms with Gasteiger partial charge in [-0.05, 0) is 60.9 Å². The van der Waals surface area contributed by atoms with Crippen LogP contribution in [0.2, 0.25) is 5.02 Å². The maximum absolute atomic E-state index is 13.5. The summed E-state index contributed by atoms with van der Waals surface area (Å²) in [7, 11) is 0. The van der Waals surface area contributed by atoms with Crippen molar-refractivity contribution >= 4 is 17.4 Å². The Morgan fingerprint density at radius 3 is 2.38 bits per heavy atom. The molecule has 0 radical (unpaired) electrons. The normalized spacial score (nSPS) is 10.5. The standard InChI is InChI=1S/C16H16ClFN2O/c1-9-3-13(17)4-10(2)15(9)21-8-11-5-12(16(19)20)7-14(18)6-11/h3-7H,8H2,1-2H3,(H3,19,20). The Labute approximate surface area is 128 Å². The van der Waals surface area contributed by atoms with Crippen molar-refractivity contribution < 1.29 is 9.13 Å². The first-order valence-corrected chi connectivity index (χ1v) is 6.78. The molecule has 5 heteroatoms. The predicted octanol–water partition coefficient (Wildman–Crippen LogP) is 3.96. The molecular formula is C16H16ClFN2O. The second kappa shape index (κ2) is 6.14. The third-order valence-electron chi connectivity index (χ3n) is 3.08. The number of hydrogen-bond acceptors (Lipinski definition) is 2. The van der Waals surface area contributed by atoms with Crippen LogP contribution in [0.15, 0.2) is 30.3 Å². The van der Waals surface area contributed by atoms with Crippen LogP contribution in [0.25, 0.3) is 0 Å². The average molecular weight is 307 g/mol. The van der Waals surface area contributed by atoms with Gasteiger partial charge in [-0.15, -0.1) is 0 Å². The zero-order valence-corrected chi connectivity index (χ0v) is 12.6. The summed E-state index contributed by atoms with van der Waals surface area (Å²) >= 11 is 5.97. The second-order valence-electron chi connectivity index (χ2n) is 4.92. The lowest BCUT2D eigenvalue weighted by molar-refractivity contribution is 0.301. The lowest BCUT2D eigenvalue weighted by Crippen LogP contribution is -2.12. The van der Waals surface area contributed by atoms with Crippen LogP contribution in [0.1, 0.15) is 22.3 Å². The Bertz CT molecular complexity index is 678. The van der Waals surface area contributed by atoms with Gasteiger partial charge >= 0.3 is 0 Å². The van der Waals surface area contributed by atoms with E-state index in [-0.39, 0.29) is 12.4 Å². The number of nitrogens with two attached hydrogens (primary N) is 1. The van der Waals surface area contributed by atoms with E-state index in [1.807, 2.05) is 26.0 Å². The molecule has 21 heavy (non-hydrogen) atoms. The lowest BCUT2D eigenvalue weighted by Gasteiger charge is -2.13. The first kappa shape index (κ1) is 15.3. The molecule has 110 valence electrons. The van der Waals surface area contributed by atoms with Gasteiger partial charge in [0, 0.05) is 10.6 Å². The molecule has 0 unspecified atom stereocenters. The zero-order chi connectivity index (χ0) is 15.6. The highest BCUT2D eigenvalue weighted by molar-refractivity contribution is 6.30. The van der Waals surface area contributed by atoms with Crippen molar-refractivity contribution in [3.8, 4) is 5.75 Å². The number of nitrogens with one attached hydrogen (secondary N) is 1. The molecule has 2 rings (SSSR count). The summed E-state index contributed by atoms with van der Waals surface area (Å²) in [5, 5.41) is 8.03. The van der Waals surface area contributed by atoms with E-state index in [1.54, 1.807) is 6.07 Å². The summed E-state index contributed by atoms with van der Waals surface area (Å²) in [6, 6.07) is 7.87. The van der Waals surface area contributed by atoms with Gasteiger partial charge < -0.3 is 10.5 Å². The smallest absolute Gasteiger partial charge is 0.125 e. The number of rotatable bonds is 4. The zero-order valence-electron chi connectivity index (χ0n) is 11.8. The van der Waals surface area contributed by atoms with E-state index in [1.165, 1.54) is 12.1 Å². The molecule has 0 saturated heterocycles. The SMILES string of the molecule is Cc1cc(Cl)cc(C)c1OCc1cc(F)cc(C(=N)N)c1. The van der Waals surface area contributed by atoms with Gasteiger partial charge in [0.05, 0.1) is 0 Å². The van der Waals surface area contributed by atoms with Crippen LogP contribution in [-0.2, 0) is 6.61 Å². The van der Waals surface area contributed by atoms with E-state index in [4.69, 9.17) is 27.5 Å². The molecular weight excluding hydrogens is 291 g/mol. The fourth-order valence-electron chi connectivity index (χ4n) is 2.17. The van der Waals surface area contributed by atoms with Crippen LogP contribution < -0.4 is 10.5 Å². The highest BCUT2D eigenvalue weighted by Crippen LogP contribution is 2.27. The van der Waals surface area contributed by atoms with Crippen molar-refractivity contribution in [1.82, 2.24) is 0 Å². The largest absolute Gasteiger partial charge is 0.488 e. The van der Waals surface area contributed by atoms with E-state index < -0.39 is 5.82 Å². The van der Waals surface area contributed by atoms with Crippen molar-refractivity contribution in [3.05, 3.63) is 63.4 Å². The van der Waals surface area contributed by atoms with Gasteiger partial charge in [-0.25, -0.2) is 4.39 Å². The third kappa shape index (κ3) is 3.73. The molecule has 0 amide bonds. The molecule has 0 bridgehead atoms. The van der Waals surface area contributed by atoms with Crippen LogP contribution in [-0.4, -0.2) is 5.84 Å². The van der Waals surface area contributed by atoms with Gasteiger partial charge in [-0.2, -0.15) is 0 Å². The molecule has 0 heterocycles. The number of hydrogen-bond donors (Lipinski definition) is 2. The third-order valence-corrected chi connectivity index (χ3v) is 3.30. The summed E-state index contributed by atoms with van der Waals surface area (Å²) in [6.07, 6.45) is 0. The monoisotopic (exact) mass is 306 g/mol. The number of benzene rings is 2. The topological polar surface area (TPSA) is 59.1 Å². The van der Waals surface area contributed by atoms with Gasteiger partial charge in [-0.1, -0.05) is 11.6 Å². The molecule has 0 aliphatic carbocycles. The summed E-state index contributed by atoms with van der Waals surface area (Å²) < 4.78 is 19.3. The number of nitrogen functional groups attached to an aromatic ring is 1. The van der Waals surface area contributed by atoms with Crippen molar-refractivity contribution in [3.63, 3.8) is 0 Å². The molecule has 0 fully saturated rings. The van der Waals surface area contributed by atoms with Crippen LogP contribution in [0.4, 0.5) is 4.39 Å². The van der Waals surface area contributed by atoms with Gasteiger partial charge in [0.25, 0.3) is 0 Å². The van der Waals surface area contributed by atoms with Crippen LogP contribution in [0.3, 0.4) is 0 Å². The number of halogens is 2. The van der Waals surface area contributed by atoms with E-state index in [0.717, 1.165) is 16.9 Å². The molecule has 2 aromatic rings. The Balaban J connectivity index is 2.23. The Hall–Kier alpha value is -2.07. The maximum atomic E-state index is 13.5. The van der Waals surface area contributed by atoms with E-state index in [2.05, 4.69) is 0 Å². The van der Waals surface area contributed by atoms with Crippen molar-refractivity contribution in [1.29, 1.82) is 5.41 Å². The Morgan fingerprint density at radius 2 is 1.81 bits per heavy atom. The van der Waals surface area contributed by atoms with Gasteiger partial charge in [0.15, 0.2) is 0 Å². The van der Waals surface area contributed by atoms with Gasteiger partial charge in [0.1, 0.15) is 24.0 Å². The van der Waals surface area contributed by atoms with Gasteiger partial charge in [0.2, 0.25) is 0 Å². The molecule has 0 spiro atoms. The predicted molar refractivity (Wildman–Crippen MR) is 82.7 cm³/mol. The first-order chi connectivity index (χ1) is 9.86. The highest BCUT2D eigenvalue weighted by Gasteiger charge is 2.08. The summed E-state index contributed by atoms with van der Waals surface area (Å²) in [5.41, 5.74) is 8.19. The highest BCUT2D eigenvalue weighted by atomic mass is 35.5. The molecule has 2 aromatic carbocycles. The van der Waals surface area contributed by atoms with E-state index in [9.17, 15) is 4.39 Å². The van der Waals surface area contributed by atoms with Crippen molar-refractivity contribution in [2.75, 3.05) is 0 Å². The molecule has 3 N–H and O–H groups in total. The fourth-order valence-corrected chi connectivity index (χ4v) is 2.50. The quantitative estimate of drug-likeness (QED) is 0.663. The molecule has 0 atom stereocenters. The maximum Gasteiger partial charge on any atom is 0.125 e. The van der Waals surface area contributed by atoms with Crippen LogP contribution >= 0.6 is 11.6 Å². The van der Waals surface area contributed by atoms with Crippen LogP contribution in [0.5, 0.6) is 5.75 Å². The number of amidine groups is 1. The van der Waals surface area contributed by atoms with Gasteiger partial charge in [-0.3, -0.25) is 5.41 Å². The number of aryl methyl sites for hydroxylation is 2. The van der Waals surface area contributed by atoms with Crippen molar-refractivity contribution in [2.45, 2.75) is 20.5 Å². The summed E-state index contributed by atoms with van der Waals surface area (Å²) in [6.45, 7) is 4.00. The van der Waals surface area contributed by atoms with E-state index in [0.29, 0.717) is 16.1 Å². The molecule has 0 saturated carbocycles. The number of ether oxygens (including phenoxy) is 1. The van der Waals surface area contributed by atoms with Crippen LogP contribution in [0, 0.1) is 25.1 Å². The first-order valence-electron chi connectivity index (χ1n) is 6.40. The minimum atomic E-state index is -0.439. The molecule has 0 aliphatic heterocycles. The molecule has 0 aromatic heterocycles. The Morgan fingerprint density at radius 1 is 1.19 bits per heavy atom. The Kier molecular flexibility index (Phi) is 4.48. The second-order valence-corrected chi connectivity index (χ2v) is 5.36. The minimum Gasteiger partial charge on any atom is -0.488 e.